The minimum absolute atomic E-state index is 0.0000904. The molecule has 6 rings (SSSR count). The van der Waals surface area contributed by atoms with Crippen LogP contribution in [0.5, 0.6) is 0 Å². The van der Waals surface area contributed by atoms with Crippen LogP contribution in [0.1, 0.15) is 45.9 Å². The topological polar surface area (TPSA) is 80.2 Å². The smallest absolute Gasteiger partial charge is 0.259 e. The number of pyridine rings is 1. The third-order valence-electron chi connectivity index (χ3n) is 7.19. The first-order chi connectivity index (χ1) is 16.4. The summed E-state index contributed by atoms with van der Waals surface area (Å²) in [6, 6.07) is 5.83. The molecule has 0 unspecified atom stereocenters. The van der Waals surface area contributed by atoms with Crippen LogP contribution in [-0.4, -0.2) is 38.8 Å². The molecule has 174 valence electrons. The first-order valence-corrected chi connectivity index (χ1v) is 11.2. The van der Waals surface area contributed by atoms with Crippen LogP contribution in [-0.2, 0) is 17.8 Å². The van der Waals surface area contributed by atoms with E-state index in [0.717, 1.165) is 35.9 Å². The number of benzene rings is 2. The fraction of sp³-hybridized carbons (Fsp3) is 0.320. The maximum absolute atomic E-state index is 14.2. The van der Waals surface area contributed by atoms with Gasteiger partial charge in [-0.1, -0.05) is 0 Å². The van der Waals surface area contributed by atoms with Crippen LogP contribution < -0.4 is 5.56 Å². The highest BCUT2D eigenvalue weighted by atomic mass is 19.1. The zero-order valence-corrected chi connectivity index (χ0v) is 18.7. The number of aromatic nitrogens is 3. The van der Waals surface area contributed by atoms with Crippen molar-refractivity contribution >= 4 is 27.7 Å². The van der Waals surface area contributed by atoms with E-state index in [4.69, 9.17) is 4.74 Å². The lowest BCUT2D eigenvalue weighted by molar-refractivity contribution is 0.00392. The largest absolute Gasteiger partial charge is 0.381 e. The lowest BCUT2D eigenvalue weighted by Crippen LogP contribution is -2.33. The molecular weight excluding hydrogens is 442 g/mol. The van der Waals surface area contributed by atoms with Gasteiger partial charge in [0.25, 0.3) is 11.5 Å². The van der Waals surface area contributed by atoms with Gasteiger partial charge in [-0.25, -0.2) is 8.78 Å². The molecule has 1 saturated carbocycles. The Hall–Kier alpha value is -3.59. The number of hydrogen-bond acceptors (Lipinski definition) is 4. The first kappa shape index (κ1) is 21.0. The Morgan fingerprint density at radius 1 is 1.12 bits per heavy atom. The average Bonchev–Trinajstić information content (AvgIpc) is 3.42. The molecule has 1 N–H and O–H groups in total. The summed E-state index contributed by atoms with van der Waals surface area (Å²) in [4.78, 5) is 30.4. The standard InChI is InChI=1S/C25H22F2N4O3/c1-12-5-16-22(29-24(32)17-9-28-31(23(16)17)13-6-14(7-13)34-2)8-15(12)25(33)30-10-18-19(11-30)21(27)4-3-20(18)26/h3-5,8-9,13-14H,6-7,10-11H2,1-2H3,(H,29,32). The Morgan fingerprint density at radius 2 is 1.79 bits per heavy atom. The van der Waals surface area contributed by atoms with Crippen molar-refractivity contribution in [2.24, 2.45) is 0 Å². The Kier molecular flexibility index (Phi) is 4.60. The molecule has 0 spiro atoms. The van der Waals surface area contributed by atoms with Gasteiger partial charge in [-0.05, 0) is 49.6 Å². The zero-order chi connectivity index (χ0) is 23.7. The maximum atomic E-state index is 14.2. The van der Waals surface area contributed by atoms with Crippen LogP contribution in [0.15, 0.2) is 35.3 Å². The molecule has 1 fully saturated rings. The van der Waals surface area contributed by atoms with Gasteiger partial charge in [0.2, 0.25) is 0 Å². The van der Waals surface area contributed by atoms with Crippen LogP contribution >= 0.6 is 0 Å². The van der Waals surface area contributed by atoms with E-state index < -0.39 is 11.6 Å². The van der Waals surface area contributed by atoms with Gasteiger partial charge in [-0.15, -0.1) is 0 Å². The third kappa shape index (κ3) is 3.00. The highest BCUT2D eigenvalue weighted by Crippen LogP contribution is 2.37. The van der Waals surface area contributed by atoms with E-state index in [1.165, 1.54) is 4.90 Å². The SMILES string of the molecule is COC1CC(n2ncc3c(=O)[nH]c4cc(C(=O)N5Cc6c(F)ccc(F)c6C5)c(C)cc4c32)C1. The lowest BCUT2D eigenvalue weighted by Gasteiger charge is -2.34. The molecule has 0 radical (unpaired) electrons. The average molecular weight is 464 g/mol. The van der Waals surface area contributed by atoms with Crippen LogP contribution in [0.2, 0.25) is 0 Å². The molecule has 0 saturated heterocycles. The van der Waals surface area contributed by atoms with E-state index in [9.17, 15) is 18.4 Å². The van der Waals surface area contributed by atoms with Crippen molar-refractivity contribution in [2.45, 2.75) is 45.0 Å². The molecule has 2 aliphatic rings. The molecule has 0 atom stereocenters. The Balaban J connectivity index is 1.42. The number of fused-ring (bicyclic) bond motifs is 4. The summed E-state index contributed by atoms with van der Waals surface area (Å²) in [7, 11) is 1.69. The number of carbonyl (C=O) groups excluding carboxylic acids is 1. The summed E-state index contributed by atoms with van der Waals surface area (Å²) in [5.74, 6) is -1.38. The van der Waals surface area contributed by atoms with Gasteiger partial charge in [-0.2, -0.15) is 5.10 Å². The van der Waals surface area contributed by atoms with E-state index >= 15 is 0 Å². The van der Waals surface area contributed by atoms with Gasteiger partial charge >= 0.3 is 0 Å². The summed E-state index contributed by atoms with van der Waals surface area (Å²) >= 11 is 0. The van der Waals surface area contributed by atoms with E-state index in [1.807, 2.05) is 17.7 Å². The van der Waals surface area contributed by atoms with E-state index in [-0.39, 0.29) is 47.8 Å². The van der Waals surface area contributed by atoms with Crippen molar-refractivity contribution in [3.63, 3.8) is 0 Å². The number of hydrogen-bond donors (Lipinski definition) is 1. The number of methoxy groups -OCH3 is 1. The fourth-order valence-electron chi connectivity index (χ4n) is 5.16. The molecule has 0 bridgehead atoms. The van der Waals surface area contributed by atoms with Gasteiger partial charge in [0.1, 0.15) is 11.6 Å². The number of rotatable bonds is 3. The van der Waals surface area contributed by atoms with Gasteiger partial charge < -0.3 is 14.6 Å². The van der Waals surface area contributed by atoms with Gasteiger partial charge in [0.05, 0.1) is 34.8 Å². The Bertz CT molecular complexity index is 1520. The Labute approximate surface area is 192 Å². The summed E-state index contributed by atoms with van der Waals surface area (Å²) in [5, 5.41) is 5.77. The second kappa shape index (κ2) is 7.46. The number of ether oxygens (including phenoxy) is 1. The molecule has 9 heteroatoms. The highest BCUT2D eigenvalue weighted by Gasteiger charge is 2.33. The maximum Gasteiger partial charge on any atom is 0.259 e. The van der Waals surface area contributed by atoms with Crippen LogP contribution in [0, 0.1) is 18.6 Å². The van der Waals surface area contributed by atoms with Crippen molar-refractivity contribution < 1.29 is 18.3 Å². The fourth-order valence-corrected chi connectivity index (χ4v) is 5.16. The third-order valence-corrected chi connectivity index (χ3v) is 7.19. The van der Waals surface area contributed by atoms with Crippen LogP contribution in [0.4, 0.5) is 8.78 Å². The van der Waals surface area contributed by atoms with Crippen molar-refractivity contribution in [2.75, 3.05) is 7.11 Å². The zero-order valence-electron chi connectivity index (χ0n) is 18.7. The van der Waals surface area contributed by atoms with E-state index in [0.29, 0.717) is 22.0 Å². The summed E-state index contributed by atoms with van der Waals surface area (Å²) in [6.45, 7) is 1.82. The molecule has 7 nitrogen and oxygen atoms in total. The van der Waals surface area contributed by atoms with Crippen molar-refractivity contribution in [1.29, 1.82) is 0 Å². The summed E-state index contributed by atoms with van der Waals surface area (Å²) < 4.78 is 35.6. The predicted molar refractivity (Wildman–Crippen MR) is 122 cm³/mol. The van der Waals surface area contributed by atoms with Gasteiger partial charge in [0.15, 0.2) is 0 Å². The summed E-state index contributed by atoms with van der Waals surface area (Å²) in [6.07, 6.45) is 3.40. The van der Waals surface area contributed by atoms with Crippen molar-refractivity contribution in [3.8, 4) is 0 Å². The minimum Gasteiger partial charge on any atom is -0.381 e. The second-order valence-corrected chi connectivity index (χ2v) is 9.15. The van der Waals surface area contributed by atoms with Crippen LogP contribution in [0.3, 0.4) is 0 Å². The molecule has 2 aromatic carbocycles. The van der Waals surface area contributed by atoms with E-state index in [1.54, 1.807) is 19.4 Å². The molecule has 4 aromatic rings. The highest BCUT2D eigenvalue weighted by molar-refractivity contribution is 6.07. The van der Waals surface area contributed by atoms with Gasteiger partial charge in [0, 0.05) is 42.3 Å². The normalized spacial score (nSPS) is 19.6. The monoisotopic (exact) mass is 464 g/mol. The number of nitrogens with zero attached hydrogens (tertiary/aromatic N) is 3. The number of aryl methyl sites for hydroxylation is 1. The minimum atomic E-state index is -0.520. The number of nitrogens with one attached hydrogen (secondary N) is 1. The van der Waals surface area contributed by atoms with Crippen LogP contribution in [0.25, 0.3) is 21.8 Å². The number of H-pyrrole nitrogens is 1. The number of amides is 1. The summed E-state index contributed by atoms with van der Waals surface area (Å²) in [5.41, 5.74) is 2.48. The molecule has 1 aliphatic carbocycles. The Morgan fingerprint density at radius 3 is 2.44 bits per heavy atom. The molecule has 3 heterocycles. The number of aromatic amines is 1. The number of halogens is 2. The molecule has 1 amide bonds. The van der Waals surface area contributed by atoms with Gasteiger partial charge in [-0.3, -0.25) is 14.3 Å². The predicted octanol–water partition coefficient (Wildman–Crippen LogP) is 3.97. The molecule has 2 aromatic heterocycles. The molecule has 1 aliphatic heterocycles. The van der Waals surface area contributed by atoms with Crippen molar-refractivity contribution in [3.05, 3.63) is 74.7 Å². The first-order valence-electron chi connectivity index (χ1n) is 11.2. The van der Waals surface area contributed by atoms with Crippen molar-refractivity contribution in [1.82, 2.24) is 19.7 Å². The number of carbonyl (C=O) groups is 1. The second-order valence-electron chi connectivity index (χ2n) is 9.15. The lowest BCUT2D eigenvalue weighted by atomic mass is 9.89. The molecular formula is C25H22F2N4O3. The molecule has 34 heavy (non-hydrogen) atoms. The quantitative estimate of drug-likeness (QED) is 0.498. The van der Waals surface area contributed by atoms with E-state index in [2.05, 4.69) is 10.1 Å².